The summed E-state index contributed by atoms with van der Waals surface area (Å²) in [6.07, 6.45) is 0. The van der Waals surface area contributed by atoms with Crippen LogP contribution in [0.1, 0.15) is 20.7 Å². The van der Waals surface area contributed by atoms with Crippen molar-refractivity contribution in [3.05, 3.63) is 77.6 Å². The van der Waals surface area contributed by atoms with Gasteiger partial charge in [-0.15, -0.1) is 0 Å². The first-order valence-corrected chi connectivity index (χ1v) is 6.83. The summed E-state index contributed by atoms with van der Waals surface area (Å²) in [5.41, 5.74) is 0.802. The Morgan fingerprint density at radius 2 is 1.32 bits per heavy atom. The maximum atomic E-state index is 14.0. The van der Waals surface area contributed by atoms with E-state index in [2.05, 4.69) is 0 Å². The van der Waals surface area contributed by atoms with Gasteiger partial charge < -0.3 is 0 Å². The number of rotatable bonds is 1. The molecule has 0 N–H and O–H groups in total. The van der Waals surface area contributed by atoms with Gasteiger partial charge in [-0.2, -0.15) is 0 Å². The van der Waals surface area contributed by atoms with Crippen LogP contribution in [0.3, 0.4) is 0 Å². The first kappa shape index (κ1) is 12.7. The second-order valence-corrected chi connectivity index (χ2v) is 5.11. The highest BCUT2D eigenvalue weighted by molar-refractivity contribution is 6.35. The molecule has 3 aromatic carbocycles. The quantitative estimate of drug-likeness (QED) is 0.640. The lowest BCUT2D eigenvalue weighted by Crippen LogP contribution is -2.40. The molecule has 106 valence electrons. The van der Waals surface area contributed by atoms with Gasteiger partial charge in [0.1, 0.15) is 5.82 Å². The Bertz CT molecular complexity index is 898. The first-order valence-electron chi connectivity index (χ1n) is 6.83. The summed E-state index contributed by atoms with van der Waals surface area (Å²) < 4.78 is 14.0. The van der Waals surface area contributed by atoms with Gasteiger partial charge in [0.05, 0.1) is 5.69 Å². The number of nitrogens with zero attached hydrogens (tertiary/aromatic N) is 1. The molecule has 1 heterocycles. The summed E-state index contributed by atoms with van der Waals surface area (Å²) >= 11 is 0. The zero-order valence-corrected chi connectivity index (χ0v) is 11.4. The average molecular weight is 291 g/mol. The fraction of sp³-hybridized carbons (Fsp3) is 0. The van der Waals surface area contributed by atoms with Crippen LogP contribution < -0.4 is 4.90 Å². The molecule has 3 nitrogen and oxygen atoms in total. The summed E-state index contributed by atoms with van der Waals surface area (Å²) in [5, 5.41) is 1.46. The molecule has 0 aromatic heterocycles. The normalized spacial score (nSPS) is 13.8. The van der Waals surface area contributed by atoms with E-state index in [1.54, 1.807) is 30.3 Å². The molecule has 4 heteroatoms. The number of benzene rings is 3. The fourth-order valence-corrected chi connectivity index (χ4v) is 2.88. The molecule has 2 amide bonds. The second kappa shape index (κ2) is 4.49. The van der Waals surface area contributed by atoms with Crippen molar-refractivity contribution in [1.29, 1.82) is 0 Å². The van der Waals surface area contributed by atoms with Gasteiger partial charge in [-0.3, -0.25) is 9.59 Å². The molecule has 0 aliphatic carbocycles. The Kier molecular flexibility index (Phi) is 2.60. The summed E-state index contributed by atoms with van der Waals surface area (Å²) in [5.74, 6) is -1.60. The lowest BCUT2D eigenvalue weighted by atomic mass is 9.94. The van der Waals surface area contributed by atoms with E-state index < -0.39 is 17.6 Å². The third-order valence-corrected chi connectivity index (χ3v) is 3.87. The smallest absolute Gasteiger partial charge is 0.266 e. The van der Waals surface area contributed by atoms with E-state index in [-0.39, 0.29) is 5.69 Å². The van der Waals surface area contributed by atoms with Crippen molar-refractivity contribution in [3.8, 4) is 0 Å². The molecule has 0 fully saturated rings. The standard InChI is InChI=1S/C18H10FNO2/c19-14-9-1-2-10-15(14)20-17(21)12-7-3-5-11-6-4-8-13(16(11)12)18(20)22/h1-10H. The molecular weight excluding hydrogens is 281 g/mol. The van der Waals surface area contributed by atoms with Crippen LogP contribution in [0.5, 0.6) is 0 Å². The topological polar surface area (TPSA) is 37.4 Å². The second-order valence-electron chi connectivity index (χ2n) is 5.11. The Morgan fingerprint density at radius 3 is 1.91 bits per heavy atom. The van der Waals surface area contributed by atoms with Crippen molar-refractivity contribution in [3.63, 3.8) is 0 Å². The molecule has 0 bridgehead atoms. The van der Waals surface area contributed by atoms with Gasteiger partial charge in [0.15, 0.2) is 0 Å². The Labute approximate surface area is 125 Å². The highest BCUT2D eigenvalue weighted by Gasteiger charge is 2.34. The molecule has 0 saturated heterocycles. The van der Waals surface area contributed by atoms with E-state index >= 15 is 0 Å². The lowest BCUT2D eigenvalue weighted by Gasteiger charge is -2.27. The minimum Gasteiger partial charge on any atom is -0.268 e. The predicted molar refractivity (Wildman–Crippen MR) is 81.5 cm³/mol. The van der Waals surface area contributed by atoms with Crippen LogP contribution in [-0.4, -0.2) is 11.8 Å². The summed E-state index contributed by atoms with van der Waals surface area (Å²) in [4.78, 5) is 26.3. The molecule has 0 radical (unpaired) electrons. The van der Waals surface area contributed by atoms with Crippen LogP contribution in [0, 0.1) is 5.82 Å². The number of anilines is 1. The van der Waals surface area contributed by atoms with Crippen molar-refractivity contribution in [2.24, 2.45) is 0 Å². The van der Waals surface area contributed by atoms with Crippen LogP contribution in [0.2, 0.25) is 0 Å². The highest BCUT2D eigenvalue weighted by atomic mass is 19.1. The van der Waals surface area contributed by atoms with E-state index in [1.165, 1.54) is 18.2 Å². The molecule has 3 aromatic rings. The van der Waals surface area contributed by atoms with E-state index in [4.69, 9.17) is 0 Å². The number of imide groups is 1. The van der Waals surface area contributed by atoms with Gasteiger partial charge in [-0.05, 0) is 29.7 Å². The molecule has 22 heavy (non-hydrogen) atoms. The van der Waals surface area contributed by atoms with E-state index in [9.17, 15) is 14.0 Å². The van der Waals surface area contributed by atoms with Gasteiger partial charge >= 0.3 is 0 Å². The summed E-state index contributed by atoms with van der Waals surface area (Å²) in [6, 6.07) is 16.3. The van der Waals surface area contributed by atoms with Crippen LogP contribution in [-0.2, 0) is 0 Å². The van der Waals surface area contributed by atoms with Crippen LogP contribution in [0.15, 0.2) is 60.7 Å². The minimum absolute atomic E-state index is 0.0241. The van der Waals surface area contributed by atoms with E-state index in [1.807, 2.05) is 12.1 Å². The van der Waals surface area contributed by atoms with Gasteiger partial charge in [0.2, 0.25) is 0 Å². The van der Waals surface area contributed by atoms with Gasteiger partial charge in [-0.25, -0.2) is 9.29 Å². The maximum absolute atomic E-state index is 14.0. The number of hydrogen-bond donors (Lipinski definition) is 0. The Morgan fingerprint density at radius 1 is 0.727 bits per heavy atom. The monoisotopic (exact) mass is 291 g/mol. The third kappa shape index (κ3) is 1.61. The molecule has 0 saturated carbocycles. The van der Waals surface area contributed by atoms with Gasteiger partial charge in [-0.1, -0.05) is 36.4 Å². The van der Waals surface area contributed by atoms with Crippen molar-refractivity contribution >= 4 is 28.3 Å². The van der Waals surface area contributed by atoms with Crippen LogP contribution >= 0.6 is 0 Å². The van der Waals surface area contributed by atoms with E-state index in [0.717, 1.165) is 10.3 Å². The van der Waals surface area contributed by atoms with Gasteiger partial charge in [0, 0.05) is 16.5 Å². The highest BCUT2D eigenvalue weighted by Crippen LogP contribution is 2.33. The lowest BCUT2D eigenvalue weighted by molar-refractivity contribution is 0.0892. The zero-order chi connectivity index (χ0) is 15.3. The molecule has 0 spiro atoms. The maximum Gasteiger partial charge on any atom is 0.266 e. The van der Waals surface area contributed by atoms with E-state index in [0.29, 0.717) is 16.5 Å². The van der Waals surface area contributed by atoms with Crippen molar-refractivity contribution < 1.29 is 14.0 Å². The molecule has 0 atom stereocenters. The largest absolute Gasteiger partial charge is 0.268 e. The summed E-state index contributed by atoms with van der Waals surface area (Å²) in [6.45, 7) is 0. The van der Waals surface area contributed by atoms with Crippen molar-refractivity contribution in [2.45, 2.75) is 0 Å². The molecule has 1 aliphatic heterocycles. The predicted octanol–water partition coefficient (Wildman–Crippen LogP) is 3.78. The molecular formula is C18H10FNO2. The Balaban J connectivity index is 2.02. The first-order chi connectivity index (χ1) is 10.7. The SMILES string of the molecule is O=C1c2cccc3cccc(c23)C(=O)N1c1ccccc1F. The van der Waals surface area contributed by atoms with Crippen LogP contribution in [0.25, 0.3) is 10.8 Å². The third-order valence-electron chi connectivity index (χ3n) is 3.87. The van der Waals surface area contributed by atoms with Crippen molar-refractivity contribution in [1.82, 2.24) is 0 Å². The van der Waals surface area contributed by atoms with Gasteiger partial charge in [0.25, 0.3) is 11.8 Å². The number of halogens is 1. The van der Waals surface area contributed by atoms with Crippen LogP contribution in [0.4, 0.5) is 10.1 Å². The molecule has 0 unspecified atom stereocenters. The summed E-state index contributed by atoms with van der Waals surface area (Å²) in [7, 11) is 0. The average Bonchev–Trinajstić information content (AvgIpc) is 2.54. The number of carbonyl (C=O) groups is 2. The number of para-hydroxylation sites is 1. The number of carbonyl (C=O) groups excluding carboxylic acids is 2. The molecule has 1 aliphatic rings. The van der Waals surface area contributed by atoms with Crippen molar-refractivity contribution in [2.75, 3.05) is 4.90 Å². The minimum atomic E-state index is -0.601. The molecule has 4 rings (SSSR count). The Hall–Kier alpha value is -3.01. The number of amides is 2. The zero-order valence-electron chi connectivity index (χ0n) is 11.4. The number of hydrogen-bond acceptors (Lipinski definition) is 2. The fourth-order valence-electron chi connectivity index (χ4n) is 2.88.